The summed E-state index contributed by atoms with van der Waals surface area (Å²) in [6.45, 7) is 0. The molecule has 1 rings (SSSR count). The lowest BCUT2D eigenvalue weighted by molar-refractivity contribution is 0.244. The van der Waals surface area contributed by atoms with Crippen molar-refractivity contribution in [2.75, 3.05) is 28.3 Å². The van der Waals surface area contributed by atoms with Crippen LogP contribution in [0.15, 0.2) is 24.3 Å². The van der Waals surface area contributed by atoms with Crippen molar-refractivity contribution in [1.82, 2.24) is 4.48 Å². The van der Waals surface area contributed by atoms with Gasteiger partial charge in [-0.25, -0.2) is 4.21 Å². The summed E-state index contributed by atoms with van der Waals surface area (Å²) in [5, 5.41) is 9.65. The van der Waals surface area contributed by atoms with E-state index in [0.717, 1.165) is 5.69 Å². The molecule has 4 nitrogen and oxygen atoms in total. The maximum Gasteiger partial charge on any atom is 0.189 e. The highest BCUT2D eigenvalue weighted by atomic mass is 32.2. The maximum absolute atomic E-state index is 11.2. The Hall–Kier alpha value is -0.750. The lowest BCUT2D eigenvalue weighted by Crippen LogP contribution is -2.34. The van der Waals surface area contributed by atoms with Gasteiger partial charge in [-0.3, -0.25) is 8.67 Å². The first-order valence-electron chi connectivity index (χ1n) is 4.91. The van der Waals surface area contributed by atoms with E-state index in [1.54, 1.807) is 12.1 Å². The van der Waals surface area contributed by atoms with E-state index in [9.17, 15) is 9.32 Å². The number of rotatable bonds is 4. The van der Waals surface area contributed by atoms with Gasteiger partial charge in [-0.15, -0.1) is 0 Å². The van der Waals surface area contributed by atoms with Crippen molar-refractivity contribution in [3.8, 4) is 0 Å². The second-order valence-corrected chi connectivity index (χ2v) is 5.68. The molecule has 1 aromatic carbocycles. The average molecular weight is 244 g/mol. The van der Waals surface area contributed by atoms with Gasteiger partial charge < -0.3 is 5.11 Å². The van der Waals surface area contributed by atoms with Crippen LogP contribution >= 0.6 is 0 Å². The van der Waals surface area contributed by atoms with E-state index in [2.05, 4.69) is 25.3 Å². The molecular formula is C11H18NO3S+. The lowest BCUT2D eigenvalue weighted by atomic mass is 10.2. The SMILES string of the molecule is COS(=O)C(O)c1ccc([N+](C)(C)C)cc1. The van der Waals surface area contributed by atoms with E-state index in [1.165, 1.54) is 7.11 Å². The van der Waals surface area contributed by atoms with Gasteiger partial charge >= 0.3 is 0 Å². The van der Waals surface area contributed by atoms with E-state index in [-0.39, 0.29) is 0 Å². The van der Waals surface area contributed by atoms with Crippen LogP contribution in [0.2, 0.25) is 0 Å². The van der Waals surface area contributed by atoms with Gasteiger partial charge in [0.25, 0.3) is 0 Å². The number of aliphatic hydroxyl groups is 1. The third-order valence-corrected chi connectivity index (χ3v) is 3.26. The van der Waals surface area contributed by atoms with Gasteiger partial charge in [0.2, 0.25) is 0 Å². The molecule has 2 unspecified atom stereocenters. The first kappa shape index (κ1) is 13.3. The van der Waals surface area contributed by atoms with E-state index in [4.69, 9.17) is 0 Å². The molecule has 5 heteroatoms. The summed E-state index contributed by atoms with van der Waals surface area (Å²) in [4.78, 5) is 0. The summed E-state index contributed by atoms with van der Waals surface area (Å²) >= 11 is -1.70. The molecule has 0 bridgehead atoms. The van der Waals surface area contributed by atoms with Crippen molar-refractivity contribution in [3.63, 3.8) is 0 Å². The second-order valence-electron chi connectivity index (χ2n) is 4.38. The van der Waals surface area contributed by atoms with Crippen LogP contribution in [0.25, 0.3) is 0 Å². The van der Waals surface area contributed by atoms with Gasteiger partial charge in [-0.2, -0.15) is 0 Å². The Morgan fingerprint density at radius 2 is 1.75 bits per heavy atom. The lowest BCUT2D eigenvalue weighted by Gasteiger charge is -2.23. The zero-order chi connectivity index (χ0) is 12.3. The predicted octanol–water partition coefficient (Wildman–Crippen LogP) is 1.18. The van der Waals surface area contributed by atoms with Crippen LogP contribution in [-0.4, -0.2) is 37.6 Å². The minimum atomic E-state index is -1.70. The molecule has 0 heterocycles. The molecular weight excluding hydrogens is 226 g/mol. The summed E-state index contributed by atoms with van der Waals surface area (Å²) in [5.41, 5.74) is 0.614. The van der Waals surface area contributed by atoms with Gasteiger partial charge in [0.15, 0.2) is 16.5 Å². The smallest absolute Gasteiger partial charge is 0.189 e. The molecule has 0 fully saturated rings. The number of nitrogens with zero attached hydrogens (tertiary/aromatic N) is 1. The molecule has 0 saturated carbocycles. The molecule has 0 aliphatic heterocycles. The predicted molar refractivity (Wildman–Crippen MR) is 66.1 cm³/mol. The topological polar surface area (TPSA) is 46.5 Å². The highest BCUT2D eigenvalue weighted by Crippen LogP contribution is 2.22. The summed E-state index contributed by atoms with van der Waals surface area (Å²) in [5.74, 6) is 0. The third-order valence-electron chi connectivity index (χ3n) is 2.30. The van der Waals surface area contributed by atoms with Crippen molar-refractivity contribution in [3.05, 3.63) is 29.8 Å². The standard InChI is InChI=1S/C11H18NO3S/c1-12(2,3)10-7-5-9(6-8-10)11(13)16(14)15-4/h5-8,11,13H,1-4H3/q+1. The van der Waals surface area contributed by atoms with Crippen LogP contribution in [0.3, 0.4) is 0 Å². The monoisotopic (exact) mass is 244 g/mol. The first-order valence-corrected chi connectivity index (χ1v) is 6.05. The molecule has 0 spiro atoms. The quantitative estimate of drug-likeness (QED) is 0.809. The van der Waals surface area contributed by atoms with Crippen LogP contribution in [-0.2, 0) is 15.3 Å². The van der Waals surface area contributed by atoms with Crippen molar-refractivity contribution < 1.29 is 13.5 Å². The number of hydrogen-bond acceptors (Lipinski definition) is 3. The number of aliphatic hydroxyl groups excluding tert-OH is 1. The summed E-state index contributed by atoms with van der Waals surface area (Å²) in [6.07, 6.45) is 0. The fourth-order valence-electron chi connectivity index (χ4n) is 1.29. The van der Waals surface area contributed by atoms with Crippen molar-refractivity contribution >= 4 is 16.8 Å². The van der Waals surface area contributed by atoms with Crippen LogP contribution < -0.4 is 4.48 Å². The van der Waals surface area contributed by atoms with Crippen molar-refractivity contribution in [2.24, 2.45) is 0 Å². The molecule has 16 heavy (non-hydrogen) atoms. The van der Waals surface area contributed by atoms with Crippen LogP contribution in [0.4, 0.5) is 5.69 Å². The first-order chi connectivity index (χ1) is 7.36. The molecule has 0 radical (unpaired) electrons. The molecule has 0 aliphatic carbocycles. The number of hydrogen-bond donors (Lipinski definition) is 1. The molecule has 0 aromatic heterocycles. The zero-order valence-corrected chi connectivity index (χ0v) is 10.8. The molecule has 90 valence electrons. The molecule has 0 saturated heterocycles. The van der Waals surface area contributed by atoms with Gasteiger partial charge in [-0.1, -0.05) is 0 Å². The van der Waals surface area contributed by atoms with Crippen LogP contribution in [0.1, 0.15) is 11.0 Å². The summed E-state index contributed by atoms with van der Waals surface area (Å²) in [6, 6.07) is 7.34. The van der Waals surface area contributed by atoms with Gasteiger partial charge in [0.05, 0.1) is 28.3 Å². The number of benzene rings is 1. The van der Waals surface area contributed by atoms with Gasteiger partial charge in [0.1, 0.15) is 5.69 Å². The highest BCUT2D eigenvalue weighted by molar-refractivity contribution is 7.80. The van der Waals surface area contributed by atoms with Crippen LogP contribution in [0.5, 0.6) is 0 Å². The van der Waals surface area contributed by atoms with Crippen molar-refractivity contribution in [1.29, 1.82) is 0 Å². The van der Waals surface area contributed by atoms with E-state index < -0.39 is 16.5 Å². The molecule has 0 aliphatic rings. The van der Waals surface area contributed by atoms with Crippen LogP contribution in [0, 0.1) is 0 Å². The molecule has 2 atom stereocenters. The number of quaternary nitrogens is 1. The molecule has 1 N–H and O–H groups in total. The Morgan fingerprint density at radius 3 is 2.12 bits per heavy atom. The Morgan fingerprint density at radius 1 is 1.25 bits per heavy atom. The fourth-order valence-corrected chi connectivity index (χ4v) is 1.85. The average Bonchev–Trinajstić information content (AvgIpc) is 2.26. The second kappa shape index (κ2) is 5.05. The Balaban J connectivity index is 2.91. The molecule has 0 amide bonds. The summed E-state index contributed by atoms with van der Waals surface area (Å²) in [7, 11) is 7.47. The van der Waals surface area contributed by atoms with E-state index >= 15 is 0 Å². The minimum absolute atomic E-state index is 0.595. The Bertz CT molecular complexity index is 370. The Labute approximate surface area is 98.7 Å². The fraction of sp³-hybridized carbons (Fsp3) is 0.455. The maximum atomic E-state index is 11.2. The third kappa shape index (κ3) is 3.12. The molecule has 1 aromatic rings. The normalized spacial score (nSPS) is 15.8. The van der Waals surface area contributed by atoms with E-state index in [1.807, 2.05) is 12.1 Å². The minimum Gasteiger partial charge on any atom is -0.373 e. The van der Waals surface area contributed by atoms with Gasteiger partial charge in [0, 0.05) is 0 Å². The highest BCUT2D eigenvalue weighted by Gasteiger charge is 2.17. The van der Waals surface area contributed by atoms with Gasteiger partial charge in [-0.05, 0) is 29.8 Å². The largest absolute Gasteiger partial charge is 0.373 e. The zero-order valence-electron chi connectivity index (χ0n) is 10.0. The van der Waals surface area contributed by atoms with Crippen molar-refractivity contribution in [2.45, 2.75) is 5.44 Å². The van der Waals surface area contributed by atoms with E-state index in [0.29, 0.717) is 10.0 Å². The Kier molecular flexibility index (Phi) is 4.21. The summed E-state index contributed by atoms with van der Waals surface area (Å²) < 4.78 is 16.5.